The van der Waals surface area contributed by atoms with E-state index in [-0.39, 0.29) is 0 Å². The molecule has 0 aliphatic heterocycles. The summed E-state index contributed by atoms with van der Waals surface area (Å²) >= 11 is 1.50. The van der Waals surface area contributed by atoms with Crippen LogP contribution in [-0.2, 0) is 6.42 Å². The quantitative estimate of drug-likeness (QED) is 0.739. The van der Waals surface area contributed by atoms with Crippen LogP contribution >= 0.6 is 11.3 Å². The van der Waals surface area contributed by atoms with Crippen LogP contribution in [0.1, 0.15) is 27.7 Å². The summed E-state index contributed by atoms with van der Waals surface area (Å²) in [6.07, 6.45) is 0.803. The minimum Gasteiger partial charge on any atom is -0.478 e. The van der Waals surface area contributed by atoms with Gasteiger partial charge in [0, 0.05) is 10.3 Å². The molecule has 0 bridgehead atoms. The molecule has 0 spiro atoms. The number of carboxylic acid groups (broad SMARTS) is 1. The molecular formula is C8H10O2S. The molecule has 1 heterocycles. The number of aromatic carboxylic acids is 1. The first-order valence-corrected chi connectivity index (χ1v) is 4.35. The van der Waals surface area contributed by atoms with Gasteiger partial charge in [0.25, 0.3) is 0 Å². The van der Waals surface area contributed by atoms with Gasteiger partial charge in [0.1, 0.15) is 0 Å². The molecule has 60 valence electrons. The Kier molecular flexibility index (Phi) is 2.29. The zero-order valence-corrected chi connectivity index (χ0v) is 7.36. The summed E-state index contributed by atoms with van der Waals surface area (Å²) in [4.78, 5) is 11.7. The third kappa shape index (κ3) is 1.43. The van der Waals surface area contributed by atoms with Gasteiger partial charge in [-0.3, -0.25) is 0 Å². The lowest BCUT2D eigenvalue weighted by atomic mass is 10.1. The van der Waals surface area contributed by atoms with Crippen LogP contribution in [0.3, 0.4) is 0 Å². The van der Waals surface area contributed by atoms with E-state index >= 15 is 0 Å². The number of carboxylic acids is 1. The Bertz CT molecular complexity index is 276. The molecule has 0 aromatic carbocycles. The lowest BCUT2D eigenvalue weighted by Crippen LogP contribution is -1.98. The summed E-state index contributed by atoms with van der Waals surface area (Å²) in [6, 6.07) is 0. The van der Waals surface area contributed by atoms with E-state index in [1.165, 1.54) is 11.3 Å². The first kappa shape index (κ1) is 8.27. The van der Waals surface area contributed by atoms with E-state index < -0.39 is 5.97 Å². The van der Waals surface area contributed by atoms with Crippen molar-refractivity contribution in [2.75, 3.05) is 0 Å². The molecule has 2 nitrogen and oxygen atoms in total. The van der Waals surface area contributed by atoms with E-state index in [9.17, 15) is 4.79 Å². The third-order valence-electron chi connectivity index (χ3n) is 1.69. The highest BCUT2D eigenvalue weighted by Crippen LogP contribution is 2.21. The van der Waals surface area contributed by atoms with E-state index in [0.717, 1.165) is 16.9 Å². The fraction of sp³-hybridized carbons (Fsp3) is 0.375. The molecule has 0 aliphatic carbocycles. The van der Waals surface area contributed by atoms with Crippen molar-refractivity contribution in [3.05, 3.63) is 21.4 Å². The summed E-state index contributed by atoms with van der Waals surface area (Å²) in [7, 11) is 0. The predicted molar refractivity (Wildman–Crippen MR) is 45.4 cm³/mol. The fourth-order valence-corrected chi connectivity index (χ4v) is 2.03. The van der Waals surface area contributed by atoms with Gasteiger partial charge in [-0.2, -0.15) is 0 Å². The summed E-state index contributed by atoms with van der Waals surface area (Å²) in [6.45, 7) is 3.93. The molecule has 3 heteroatoms. The maximum Gasteiger partial charge on any atom is 0.336 e. The molecule has 0 saturated carbocycles. The monoisotopic (exact) mass is 170 g/mol. The van der Waals surface area contributed by atoms with Crippen molar-refractivity contribution in [1.29, 1.82) is 0 Å². The van der Waals surface area contributed by atoms with Gasteiger partial charge < -0.3 is 5.11 Å². The van der Waals surface area contributed by atoms with Crippen LogP contribution in [0.4, 0.5) is 0 Å². The summed E-state index contributed by atoms with van der Waals surface area (Å²) in [5.74, 6) is -0.814. The zero-order valence-electron chi connectivity index (χ0n) is 6.55. The second-order valence-electron chi connectivity index (χ2n) is 2.34. The van der Waals surface area contributed by atoms with Crippen molar-refractivity contribution in [1.82, 2.24) is 0 Å². The second kappa shape index (κ2) is 3.05. The van der Waals surface area contributed by atoms with Gasteiger partial charge >= 0.3 is 5.97 Å². The van der Waals surface area contributed by atoms with Gasteiger partial charge in [-0.15, -0.1) is 11.3 Å². The molecule has 0 radical (unpaired) electrons. The Morgan fingerprint density at radius 2 is 2.36 bits per heavy atom. The fourth-order valence-electron chi connectivity index (χ4n) is 1.10. The van der Waals surface area contributed by atoms with E-state index in [4.69, 9.17) is 5.11 Å². The van der Waals surface area contributed by atoms with Crippen molar-refractivity contribution in [2.45, 2.75) is 20.3 Å². The van der Waals surface area contributed by atoms with Crippen LogP contribution in [0.15, 0.2) is 5.38 Å². The molecule has 1 N–H and O–H groups in total. The van der Waals surface area contributed by atoms with Crippen LogP contribution in [0.5, 0.6) is 0 Å². The minimum absolute atomic E-state index is 0.468. The van der Waals surface area contributed by atoms with Gasteiger partial charge in [0.05, 0.1) is 5.56 Å². The normalized spacial score (nSPS) is 10.0. The lowest BCUT2D eigenvalue weighted by molar-refractivity contribution is 0.0696. The molecule has 0 unspecified atom stereocenters. The molecule has 0 atom stereocenters. The molecule has 0 saturated heterocycles. The average molecular weight is 170 g/mol. The Hall–Kier alpha value is -0.830. The number of carbonyl (C=O) groups is 1. The third-order valence-corrected chi connectivity index (χ3v) is 2.64. The topological polar surface area (TPSA) is 37.3 Å². The van der Waals surface area contributed by atoms with E-state index in [2.05, 4.69) is 0 Å². The van der Waals surface area contributed by atoms with Crippen LogP contribution in [0.2, 0.25) is 0 Å². The zero-order chi connectivity index (χ0) is 8.43. The SMILES string of the molecule is CCc1c(C(=O)O)csc1C. The predicted octanol–water partition coefficient (Wildman–Crippen LogP) is 2.32. The Morgan fingerprint density at radius 3 is 2.73 bits per heavy atom. The number of aryl methyl sites for hydroxylation is 1. The largest absolute Gasteiger partial charge is 0.478 e. The standard InChI is InChI=1S/C8H10O2S/c1-3-6-5(2)11-4-7(6)8(9)10/h4H,3H2,1-2H3,(H,9,10). The van der Waals surface area contributed by atoms with Crippen molar-refractivity contribution >= 4 is 17.3 Å². The maximum atomic E-state index is 10.6. The number of thiophene rings is 1. The second-order valence-corrected chi connectivity index (χ2v) is 3.43. The number of hydrogen-bond acceptors (Lipinski definition) is 2. The number of hydrogen-bond donors (Lipinski definition) is 1. The summed E-state index contributed by atoms with van der Waals surface area (Å²) < 4.78 is 0. The first-order chi connectivity index (χ1) is 5.16. The summed E-state index contributed by atoms with van der Waals surface area (Å²) in [5.41, 5.74) is 1.44. The lowest BCUT2D eigenvalue weighted by Gasteiger charge is -1.95. The van der Waals surface area contributed by atoms with Gasteiger partial charge in [0.15, 0.2) is 0 Å². The van der Waals surface area contributed by atoms with Crippen LogP contribution in [0, 0.1) is 6.92 Å². The minimum atomic E-state index is -0.814. The van der Waals surface area contributed by atoms with Gasteiger partial charge in [-0.05, 0) is 18.9 Å². The summed E-state index contributed by atoms with van der Waals surface area (Å²) in [5, 5.41) is 10.4. The Labute approximate surface area is 69.5 Å². The van der Waals surface area contributed by atoms with Crippen LogP contribution < -0.4 is 0 Å². The van der Waals surface area contributed by atoms with E-state index in [1.807, 2.05) is 13.8 Å². The van der Waals surface area contributed by atoms with Crippen molar-refractivity contribution in [2.24, 2.45) is 0 Å². The molecule has 1 rings (SSSR count). The van der Waals surface area contributed by atoms with Crippen molar-refractivity contribution < 1.29 is 9.90 Å². The smallest absolute Gasteiger partial charge is 0.336 e. The van der Waals surface area contributed by atoms with Crippen LogP contribution in [0.25, 0.3) is 0 Å². The highest BCUT2D eigenvalue weighted by atomic mass is 32.1. The highest BCUT2D eigenvalue weighted by Gasteiger charge is 2.11. The molecular weight excluding hydrogens is 160 g/mol. The van der Waals surface area contributed by atoms with Crippen LogP contribution in [-0.4, -0.2) is 11.1 Å². The Balaban J connectivity index is 3.15. The number of rotatable bonds is 2. The Morgan fingerprint density at radius 1 is 1.73 bits per heavy atom. The molecule has 1 aromatic rings. The van der Waals surface area contributed by atoms with Gasteiger partial charge in [-0.1, -0.05) is 6.92 Å². The van der Waals surface area contributed by atoms with Gasteiger partial charge in [-0.25, -0.2) is 4.79 Å². The van der Waals surface area contributed by atoms with Gasteiger partial charge in [0.2, 0.25) is 0 Å². The highest BCUT2D eigenvalue weighted by molar-refractivity contribution is 7.10. The molecule has 0 aliphatic rings. The van der Waals surface area contributed by atoms with Crippen molar-refractivity contribution in [3.8, 4) is 0 Å². The van der Waals surface area contributed by atoms with E-state index in [1.54, 1.807) is 5.38 Å². The molecule has 1 aromatic heterocycles. The first-order valence-electron chi connectivity index (χ1n) is 3.47. The van der Waals surface area contributed by atoms with Crippen molar-refractivity contribution in [3.63, 3.8) is 0 Å². The molecule has 11 heavy (non-hydrogen) atoms. The average Bonchev–Trinajstić information content (AvgIpc) is 2.30. The molecule has 0 amide bonds. The maximum absolute atomic E-state index is 10.6. The molecule has 0 fully saturated rings. The van der Waals surface area contributed by atoms with E-state index in [0.29, 0.717) is 5.56 Å².